The number of nitrogens with zero attached hydrogens (tertiary/aromatic N) is 3. The lowest BCUT2D eigenvalue weighted by Gasteiger charge is -2.31. The lowest BCUT2D eigenvalue weighted by atomic mass is 9.78. The molecule has 0 spiro atoms. The third-order valence-electron chi connectivity index (χ3n) is 9.03. The van der Waals surface area contributed by atoms with Crippen molar-refractivity contribution in [1.82, 2.24) is 9.55 Å². The second-order valence-electron chi connectivity index (χ2n) is 13.0. The maximum Gasteiger partial charge on any atom is 0.343 e. The molecule has 2 aromatic heterocycles. The second kappa shape index (κ2) is 10.1. The summed E-state index contributed by atoms with van der Waals surface area (Å²) in [5, 5.41) is 12.2. The Labute approximate surface area is 244 Å². The summed E-state index contributed by atoms with van der Waals surface area (Å²) in [5.41, 5.74) is 3.32. The summed E-state index contributed by atoms with van der Waals surface area (Å²) in [6.07, 6.45) is 3.68. The number of benzene rings is 1. The fourth-order valence-electron chi connectivity index (χ4n) is 6.60. The van der Waals surface area contributed by atoms with Gasteiger partial charge in [0.2, 0.25) is 0 Å². The van der Waals surface area contributed by atoms with Gasteiger partial charge in [-0.25, -0.2) is 14.2 Å². The summed E-state index contributed by atoms with van der Waals surface area (Å²) >= 11 is 0. The van der Waals surface area contributed by atoms with Gasteiger partial charge in [0.25, 0.3) is 5.56 Å². The largest absolute Gasteiger partial charge is 0.458 e. The molecule has 9 heteroatoms. The summed E-state index contributed by atoms with van der Waals surface area (Å²) in [6, 6.07) is 3.18. The number of carbonyl (C=O) groups excluding carboxylic acids is 1. The number of aliphatic imine (C=N–C) groups is 1. The SMILES string of the molecule is CC[C@@]1(O)C(=O)OCc2c1cc1n(c2=O)Cc2c-1nc1cc(F)c(C)c3c1c2C(/C=N\CC(C)(C)COC(C)C)CC3. The Morgan fingerprint density at radius 3 is 2.76 bits per heavy atom. The molecule has 1 aromatic carbocycles. The van der Waals surface area contributed by atoms with Gasteiger partial charge in [-0.1, -0.05) is 20.8 Å². The van der Waals surface area contributed by atoms with Crippen LogP contribution in [0.3, 0.4) is 0 Å². The molecule has 2 aliphatic heterocycles. The molecule has 3 aromatic rings. The zero-order chi connectivity index (χ0) is 30.1. The van der Waals surface area contributed by atoms with E-state index < -0.39 is 11.6 Å². The average molecular weight is 576 g/mol. The zero-order valence-electron chi connectivity index (χ0n) is 25.1. The molecule has 1 aliphatic carbocycles. The molecular formula is C33H38FN3O5. The number of carbonyl (C=O) groups is 1. The minimum atomic E-state index is -1.91. The maximum atomic E-state index is 15.1. The van der Waals surface area contributed by atoms with Crippen LogP contribution in [0.1, 0.15) is 86.8 Å². The molecule has 1 N–H and O–H groups in total. The predicted molar refractivity (Wildman–Crippen MR) is 159 cm³/mol. The van der Waals surface area contributed by atoms with E-state index in [4.69, 9.17) is 19.5 Å². The Balaban J connectivity index is 1.51. The van der Waals surface area contributed by atoms with E-state index in [0.29, 0.717) is 48.6 Å². The molecule has 4 heterocycles. The molecule has 0 bridgehead atoms. The van der Waals surface area contributed by atoms with Gasteiger partial charge in [-0.05, 0) is 62.8 Å². The van der Waals surface area contributed by atoms with Gasteiger partial charge < -0.3 is 19.1 Å². The molecule has 0 radical (unpaired) electrons. The minimum Gasteiger partial charge on any atom is -0.458 e. The van der Waals surface area contributed by atoms with E-state index in [1.165, 1.54) is 6.07 Å². The monoisotopic (exact) mass is 575 g/mol. The number of aryl methyl sites for hydroxylation is 1. The number of ether oxygens (including phenoxy) is 2. The lowest BCUT2D eigenvalue weighted by Crippen LogP contribution is -2.44. The number of hydrogen-bond acceptors (Lipinski definition) is 7. The van der Waals surface area contributed by atoms with Crippen molar-refractivity contribution in [2.45, 2.75) is 91.6 Å². The van der Waals surface area contributed by atoms with E-state index in [2.05, 4.69) is 13.8 Å². The Bertz CT molecular complexity index is 1720. The highest BCUT2D eigenvalue weighted by molar-refractivity contribution is 5.96. The van der Waals surface area contributed by atoms with Crippen molar-refractivity contribution in [1.29, 1.82) is 0 Å². The number of fused-ring (bicyclic) bond motifs is 5. The highest BCUT2D eigenvalue weighted by atomic mass is 19.1. The van der Waals surface area contributed by atoms with Gasteiger partial charge in [-0.3, -0.25) is 9.79 Å². The van der Waals surface area contributed by atoms with Crippen molar-refractivity contribution < 1.29 is 23.8 Å². The maximum absolute atomic E-state index is 15.1. The second-order valence-corrected chi connectivity index (χ2v) is 13.0. The molecule has 1 unspecified atom stereocenters. The first kappa shape index (κ1) is 28.7. The van der Waals surface area contributed by atoms with Gasteiger partial charge in [0.15, 0.2) is 5.60 Å². The molecule has 2 atom stereocenters. The topological polar surface area (TPSA) is 103 Å². The van der Waals surface area contributed by atoms with Crippen LogP contribution in [0, 0.1) is 18.2 Å². The average Bonchev–Trinajstić information content (AvgIpc) is 3.32. The Morgan fingerprint density at radius 1 is 1.29 bits per heavy atom. The van der Waals surface area contributed by atoms with Gasteiger partial charge in [0, 0.05) is 46.7 Å². The molecule has 222 valence electrons. The molecule has 0 fully saturated rings. The molecule has 8 nitrogen and oxygen atoms in total. The lowest BCUT2D eigenvalue weighted by molar-refractivity contribution is -0.172. The van der Waals surface area contributed by atoms with Crippen LogP contribution in [0.4, 0.5) is 4.39 Å². The van der Waals surface area contributed by atoms with Crippen molar-refractivity contribution in [3.05, 3.63) is 61.7 Å². The number of aliphatic hydroxyl groups is 1. The summed E-state index contributed by atoms with van der Waals surface area (Å²) in [4.78, 5) is 36.2. The third kappa shape index (κ3) is 4.40. The van der Waals surface area contributed by atoms with Crippen molar-refractivity contribution in [3.8, 4) is 11.4 Å². The Morgan fingerprint density at radius 2 is 2.05 bits per heavy atom. The summed E-state index contributed by atoms with van der Waals surface area (Å²) in [6.45, 7) is 13.1. The number of esters is 1. The number of halogens is 1. The molecule has 42 heavy (non-hydrogen) atoms. The van der Waals surface area contributed by atoms with E-state index in [1.807, 2.05) is 27.0 Å². The number of pyridine rings is 2. The van der Waals surface area contributed by atoms with Crippen molar-refractivity contribution in [2.24, 2.45) is 10.4 Å². The molecule has 0 saturated carbocycles. The predicted octanol–water partition coefficient (Wildman–Crippen LogP) is 5.08. The number of rotatable bonds is 7. The van der Waals surface area contributed by atoms with Crippen LogP contribution >= 0.6 is 0 Å². The quantitative estimate of drug-likeness (QED) is 0.244. The van der Waals surface area contributed by atoms with E-state index in [0.717, 1.165) is 28.5 Å². The van der Waals surface area contributed by atoms with Crippen LogP contribution in [-0.4, -0.2) is 46.1 Å². The summed E-state index contributed by atoms with van der Waals surface area (Å²) < 4.78 is 27.8. The summed E-state index contributed by atoms with van der Waals surface area (Å²) in [7, 11) is 0. The van der Waals surface area contributed by atoms with E-state index in [-0.39, 0.29) is 53.0 Å². The fraction of sp³-hybridized carbons (Fsp3) is 0.515. The van der Waals surface area contributed by atoms with Crippen molar-refractivity contribution in [3.63, 3.8) is 0 Å². The van der Waals surface area contributed by atoms with Gasteiger partial charge in [0.05, 0.1) is 41.7 Å². The normalized spacial score (nSPS) is 21.2. The summed E-state index contributed by atoms with van der Waals surface area (Å²) in [5.74, 6) is -1.11. The molecule has 0 amide bonds. The highest BCUT2D eigenvalue weighted by Crippen LogP contribution is 2.46. The van der Waals surface area contributed by atoms with E-state index >= 15 is 4.39 Å². The highest BCUT2D eigenvalue weighted by Gasteiger charge is 2.46. The van der Waals surface area contributed by atoms with Crippen LogP contribution in [0.25, 0.3) is 22.3 Å². The van der Waals surface area contributed by atoms with Crippen LogP contribution in [0.5, 0.6) is 0 Å². The fourth-order valence-corrected chi connectivity index (χ4v) is 6.60. The molecule has 3 aliphatic rings. The van der Waals surface area contributed by atoms with E-state index in [1.54, 1.807) is 17.6 Å². The minimum absolute atomic E-state index is 0.0412. The van der Waals surface area contributed by atoms with Gasteiger partial charge in [-0.2, -0.15) is 0 Å². The van der Waals surface area contributed by atoms with Crippen molar-refractivity contribution in [2.75, 3.05) is 13.2 Å². The first-order valence-corrected chi connectivity index (χ1v) is 14.8. The Hall–Kier alpha value is -3.43. The third-order valence-corrected chi connectivity index (χ3v) is 9.03. The van der Waals surface area contributed by atoms with Gasteiger partial charge in [0.1, 0.15) is 12.4 Å². The standard InChI is InChI=1S/C33H38FN3O5/c1-7-33(40)23-10-26-29-21(13-37(26)30(38)22(23)14-41-31(33)39)27-19(12-35-15-32(5,6)16-42-17(2)3)8-9-20-18(4)24(34)11-25(36-29)28(20)27/h10-12,17,19,40H,7-9,13-16H2,1-6H3/b35-12-/t19?,33-/m0/s1. The molecular weight excluding hydrogens is 537 g/mol. The molecule has 0 saturated heterocycles. The number of aromatic nitrogens is 2. The van der Waals surface area contributed by atoms with Crippen LogP contribution < -0.4 is 5.56 Å². The van der Waals surface area contributed by atoms with Crippen LogP contribution in [0.2, 0.25) is 0 Å². The zero-order valence-corrected chi connectivity index (χ0v) is 25.1. The number of cyclic esters (lactones) is 1. The van der Waals surface area contributed by atoms with Crippen LogP contribution in [0.15, 0.2) is 21.9 Å². The van der Waals surface area contributed by atoms with Gasteiger partial charge in [-0.15, -0.1) is 0 Å². The van der Waals surface area contributed by atoms with Gasteiger partial charge >= 0.3 is 5.97 Å². The molecule has 6 rings (SSSR count). The van der Waals surface area contributed by atoms with Crippen LogP contribution in [-0.2, 0) is 39.4 Å². The van der Waals surface area contributed by atoms with E-state index in [9.17, 15) is 14.7 Å². The Kier molecular flexibility index (Phi) is 6.89. The first-order chi connectivity index (χ1) is 19.9. The number of hydrogen-bond donors (Lipinski definition) is 1. The smallest absolute Gasteiger partial charge is 0.343 e. The first-order valence-electron chi connectivity index (χ1n) is 14.8. The van der Waals surface area contributed by atoms with Crippen molar-refractivity contribution >= 4 is 23.1 Å².